The normalized spacial score (nSPS) is 10.9. The molecule has 2 N–H and O–H groups in total. The zero-order valence-electron chi connectivity index (χ0n) is 18.8. The van der Waals surface area contributed by atoms with Gasteiger partial charge in [0.2, 0.25) is 0 Å². The summed E-state index contributed by atoms with van der Waals surface area (Å²) < 4.78 is 43.7. The zero-order chi connectivity index (χ0) is 24.0. The average molecular weight is 471 g/mol. The standard InChI is InChI=1S/C24H26N2O6S/c1-16-5-6-18(13-17(16)2)26-33(28,29)21-10-7-19(8-11-21)32-15-24(27)25-22-12-9-20(30-3)14-23(22)31-4/h5-14,26H,15H2,1-4H3,(H,25,27). The number of carbonyl (C=O) groups excluding carboxylic acids is 1. The Balaban J connectivity index is 1.60. The highest BCUT2D eigenvalue weighted by atomic mass is 32.2. The lowest BCUT2D eigenvalue weighted by Crippen LogP contribution is -2.20. The quantitative estimate of drug-likeness (QED) is 0.487. The Bertz CT molecular complexity index is 1240. The second-order valence-electron chi connectivity index (χ2n) is 7.28. The maximum Gasteiger partial charge on any atom is 0.262 e. The average Bonchev–Trinajstić information content (AvgIpc) is 2.80. The first kappa shape index (κ1) is 23.9. The van der Waals surface area contributed by atoms with Crippen molar-refractivity contribution in [2.24, 2.45) is 0 Å². The molecule has 0 aliphatic carbocycles. The molecule has 0 fully saturated rings. The maximum absolute atomic E-state index is 12.6. The molecular weight excluding hydrogens is 444 g/mol. The molecule has 0 aliphatic rings. The van der Waals surface area contributed by atoms with E-state index in [2.05, 4.69) is 10.0 Å². The van der Waals surface area contributed by atoms with Crippen LogP contribution in [-0.4, -0.2) is 35.2 Å². The number of carbonyl (C=O) groups is 1. The molecule has 3 aromatic carbocycles. The minimum Gasteiger partial charge on any atom is -0.497 e. The topological polar surface area (TPSA) is 103 Å². The van der Waals surface area contributed by atoms with E-state index in [-0.39, 0.29) is 11.5 Å². The van der Waals surface area contributed by atoms with Crippen LogP contribution in [0.5, 0.6) is 17.2 Å². The number of anilines is 2. The van der Waals surface area contributed by atoms with Gasteiger partial charge in [-0.2, -0.15) is 0 Å². The molecule has 0 saturated heterocycles. The van der Waals surface area contributed by atoms with Gasteiger partial charge < -0.3 is 19.5 Å². The molecule has 0 saturated carbocycles. The van der Waals surface area contributed by atoms with Gasteiger partial charge in [-0.05, 0) is 73.5 Å². The second-order valence-corrected chi connectivity index (χ2v) is 8.96. The number of amides is 1. The summed E-state index contributed by atoms with van der Waals surface area (Å²) in [4.78, 5) is 12.3. The fraction of sp³-hybridized carbons (Fsp3) is 0.208. The van der Waals surface area contributed by atoms with Crippen molar-refractivity contribution in [2.45, 2.75) is 18.7 Å². The van der Waals surface area contributed by atoms with Gasteiger partial charge in [-0.3, -0.25) is 9.52 Å². The summed E-state index contributed by atoms with van der Waals surface area (Å²) in [6.45, 7) is 3.61. The fourth-order valence-corrected chi connectivity index (χ4v) is 4.02. The van der Waals surface area contributed by atoms with E-state index in [0.717, 1.165) is 11.1 Å². The van der Waals surface area contributed by atoms with Gasteiger partial charge in [0, 0.05) is 11.8 Å². The second kappa shape index (κ2) is 10.3. The summed E-state index contributed by atoms with van der Waals surface area (Å²) >= 11 is 0. The van der Waals surface area contributed by atoms with Gasteiger partial charge in [0.25, 0.3) is 15.9 Å². The molecule has 33 heavy (non-hydrogen) atoms. The van der Waals surface area contributed by atoms with Gasteiger partial charge in [0.1, 0.15) is 17.2 Å². The highest BCUT2D eigenvalue weighted by Crippen LogP contribution is 2.29. The first-order valence-electron chi connectivity index (χ1n) is 10.1. The van der Waals surface area contributed by atoms with Crippen molar-refractivity contribution >= 4 is 27.3 Å². The number of rotatable bonds is 9. The zero-order valence-corrected chi connectivity index (χ0v) is 19.7. The van der Waals surface area contributed by atoms with Gasteiger partial charge in [-0.25, -0.2) is 8.42 Å². The Morgan fingerprint density at radius 2 is 1.55 bits per heavy atom. The summed E-state index contributed by atoms with van der Waals surface area (Å²) in [6.07, 6.45) is 0. The Morgan fingerprint density at radius 1 is 0.848 bits per heavy atom. The van der Waals surface area contributed by atoms with Crippen molar-refractivity contribution in [3.8, 4) is 17.2 Å². The van der Waals surface area contributed by atoms with Crippen molar-refractivity contribution in [1.82, 2.24) is 0 Å². The number of benzene rings is 3. The third-order valence-electron chi connectivity index (χ3n) is 4.95. The third-order valence-corrected chi connectivity index (χ3v) is 6.34. The van der Waals surface area contributed by atoms with E-state index in [4.69, 9.17) is 14.2 Å². The van der Waals surface area contributed by atoms with E-state index >= 15 is 0 Å². The van der Waals surface area contributed by atoms with Crippen LogP contribution in [0.2, 0.25) is 0 Å². The number of ether oxygens (including phenoxy) is 3. The number of sulfonamides is 1. The highest BCUT2D eigenvalue weighted by molar-refractivity contribution is 7.92. The van der Waals surface area contributed by atoms with Crippen molar-refractivity contribution < 1.29 is 27.4 Å². The van der Waals surface area contributed by atoms with Crippen LogP contribution < -0.4 is 24.2 Å². The van der Waals surface area contributed by atoms with Crippen molar-refractivity contribution in [2.75, 3.05) is 30.9 Å². The van der Waals surface area contributed by atoms with E-state index in [9.17, 15) is 13.2 Å². The van der Waals surface area contributed by atoms with Crippen LogP contribution >= 0.6 is 0 Å². The fourth-order valence-electron chi connectivity index (χ4n) is 2.97. The van der Waals surface area contributed by atoms with Gasteiger partial charge in [0.15, 0.2) is 6.61 Å². The van der Waals surface area contributed by atoms with E-state index in [1.807, 2.05) is 19.9 Å². The Kier molecular flexibility index (Phi) is 7.44. The summed E-state index contributed by atoms with van der Waals surface area (Å²) in [5, 5.41) is 2.70. The molecule has 0 aromatic heterocycles. The van der Waals surface area contributed by atoms with E-state index in [1.54, 1.807) is 30.3 Å². The molecule has 8 nitrogen and oxygen atoms in total. The molecule has 0 radical (unpaired) electrons. The van der Waals surface area contributed by atoms with Crippen LogP contribution in [0.4, 0.5) is 11.4 Å². The molecule has 0 heterocycles. The molecule has 0 atom stereocenters. The minimum atomic E-state index is -3.75. The number of hydrogen-bond acceptors (Lipinski definition) is 6. The summed E-state index contributed by atoms with van der Waals surface area (Å²) in [7, 11) is -0.724. The van der Waals surface area contributed by atoms with Crippen LogP contribution in [0.25, 0.3) is 0 Å². The summed E-state index contributed by atoms with van der Waals surface area (Å²) in [5.74, 6) is 1.01. The molecular formula is C24H26N2O6S. The molecule has 3 rings (SSSR count). The smallest absolute Gasteiger partial charge is 0.262 e. The minimum absolute atomic E-state index is 0.0838. The van der Waals surface area contributed by atoms with E-state index in [0.29, 0.717) is 28.6 Å². The number of methoxy groups -OCH3 is 2. The van der Waals surface area contributed by atoms with Gasteiger partial charge in [-0.15, -0.1) is 0 Å². The largest absolute Gasteiger partial charge is 0.497 e. The van der Waals surface area contributed by atoms with Crippen molar-refractivity contribution in [3.05, 3.63) is 71.8 Å². The summed E-state index contributed by atoms with van der Waals surface area (Å²) in [5.41, 5.74) is 3.04. The molecule has 1 amide bonds. The molecule has 0 bridgehead atoms. The first-order valence-corrected chi connectivity index (χ1v) is 11.5. The third kappa shape index (κ3) is 6.17. The first-order chi connectivity index (χ1) is 15.7. The number of hydrogen-bond donors (Lipinski definition) is 2. The molecule has 9 heteroatoms. The maximum atomic E-state index is 12.6. The predicted molar refractivity (Wildman–Crippen MR) is 127 cm³/mol. The lowest BCUT2D eigenvalue weighted by Gasteiger charge is -2.12. The molecule has 0 unspecified atom stereocenters. The molecule has 0 spiro atoms. The van der Waals surface area contributed by atoms with Gasteiger partial charge in [-0.1, -0.05) is 6.07 Å². The molecule has 3 aromatic rings. The van der Waals surface area contributed by atoms with Crippen LogP contribution in [-0.2, 0) is 14.8 Å². The van der Waals surface area contributed by atoms with E-state index < -0.39 is 15.9 Å². The van der Waals surface area contributed by atoms with Crippen LogP contribution in [0.1, 0.15) is 11.1 Å². The SMILES string of the molecule is COc1ccc(NC(=O)COc2ccc(S(=O)(=O)Nc3ccc(C)c(C)c3)cc2)c(OC)c1. The lowest BCUT2D eigenvalue weighted by molar-refractivity contribution is -0.118. The molecule has 174 valence electrons. The van der Waals surface area contributed by atoms with Crippen LogP contribution in [0.15, 0.2) is 65.6 Å². The molecule has 0 aliphatic heterocycles. The number of nitrogens with one attached hydrogen (secondary N) is 2. The monoisotopic (exact) mass is 470 g/mol. The van der Waals surface area contributed by atoms with Crippen LogP contribution in [0, 0.1) is 13.8 Å². The number of aryl methyl sites for hydroxylation is 2. The van der Waals surface area contributed by atoms with Gasteiger partial charge >= 0.3 is 0 Å². The highest BCUT2D eigenvalue weighted by Gasteiger charge is 2.15. The summed E-state index contributed by atoms with van der Waals surface area (Å²) in [6, 6.07) is 16.2. The lowest BCUT2D eigenvalue weighted by atomic mass is 10.1. The Hall–Kier alpha value is -3.72. The predicted octanol–water partition coefficient (Wildman–Crippen LogP) is 4.14. The Morgan fingerprint density at radius 3 is 2.18 bits per heavy atom. The Labute approximate surface area is 193 Å². The van der Waals surface area contributed by atoms with Gasteiger partial charge in [0.05, 0.1) is 24.8 Å². The van der Waals surface area contributed by atoms with E-state index in [1.165, 1.54) is 38.5 Å². The van der Waals surface area contributed by atoms with Crippen molar-refractivity contribution in [3.63, 3.8) is 0 Å². The van der Waals surface area contributed by atoms with Crippen molar-refractivity contribution in [1.29, 1.82) is 0 Å². The van der Waals surface area contributed by atoms with Crippen LogP contribution in [0.3, 0.4) is 0 Å².